The summed E-state index contributed by atoms with van der Waals surface area (Å²) in [6.07, 6.45) is 0. The molecular formula is C21H22N2O6Si. The van der Waals surface area contributed by atoms with Crippen LogP contribution in [0.2, 0.25) is 13.1 Å². The van der Waals surface area contributed by atoms with Crippen LogP contribution in [0.3, 0.4) is 0 Å². The van der Waals surface area contributed by atoms with E-state index < -0.39 is 18.9 Å². The molecule has 0 saturated heterocycles. The molecule has 0 heterocycles. The topological polar surface area (TPSA) is 105 Å². The van der Waals surface area contributed by atoms with E-state index in [1.165, 1.54) is 23.8 Å². The molecule has 0 bridgehead atoms. The van der Waals surface area contributed by atoms with Crippen LogP contribution in [0.25, 0.3) is 0 Å². The summed E-state index contributed by atoms with van der Waals surface area (Å²) in [6, 6.07) is 22.6. The summed E-state index contributed by atoms with van der Waals surface area (Å²) in [5.41, 5.74) is 0.626. The minimum absolute atomic E-state index is 0.274. The number of rotatable bonds is 7. The van der Waals surface area contributed by atoms with Crippen LogP contribution < -0.4 is 9.16 Å². The first-order chi connectivity index (χ1) is 14.3. The van der Waals surface area contributed by atoms with Crippen molar-refractivity contribution in [2.24, 2.45) is 0 Å². The Morgan fingerprint density at radius 3 is 1.80 bits per heavy atom. The van der Waals surface area contributed by atoms with Gasteiger partial charge in [-0.05, 0) is 49.0 Å². The van der Waals surface area contributed by atoms with Crippen LogP contribution in [-0.4, -0.2) is 18.9 Å². The van der Waals surface area contributed by atoms with Gasteiger partial charge in [-0.1, -0.05) is 30.3 Å². The second-order valence-corrected chi connectivity index (χ2v) is 8.78. The molecule has 3 rings (SSSR count). The van der Waals surface area contributed by atoms with Crippen molar-refractivity contribution in [1.29, 1.82) is 0 Å². The van der Waals surface area contributed by atoms with Crippen molar-refractivity contribution in [3.05, 3.63) is 105 Å². The molecule has 0 spiro atoms. The first-order valence-electron chi connectivity index (χ1n) is 9.17. The van der Waals surface area contributed by atoms with Gasteiger partial charge in [0.25, 0.3) is 11.4 Å². The van der Waals surface area contributed by atoms with Crippen LogP contribution >= 0.6 is 0 Å². The fourth-order valence-electron chi connectivity index (χ4n) is 2.35. The summed E-state index contributed by atoms with van der Waals surface area (Å²) >= 11 is 0. The van der Waals surface area contributed by atoms with Gasteiger partial charge in [0.2, 0.25) is 9.04 Å². The second-order valence-electron chi connectivity index (χ2n) is 6.45. The largest absolute Gasteiger partial charge is 0.547 e. The minimum atomic E-state index is -1.02. The fraction of sp³-hybridized carbons (Fsp3) is 0.143. The molecule has 0 aromatic heterocycles. The zero-order valence-electron chi connectivity index (χ0n) is 16.6. The number of non-ortho nitro benzene ring substituents is 2. The third-order valence-corrected chi connectivity index (χ3v) is 4.44. The zero-order chi connectivity index (χ0) is 21.9. The first-order valence-corrected chi connectivity index (χ1v) is 12.0. The molecule has 0 N–H and O–H groups in total. The summed E-state index contributed by atoms with van der Waals surface area (Å²) in [4.78, 5) is 19.0. The first kappa shape index (κ1) is 22.6. The Hall–Kier alpha value is -3.72. The van der Waals surface area contributed by atoms with E-state index in [2.05, 4.69) is 25.2 Å². The molecule has 0 aliphatic carbocycles. The minimum Gasteiger partial charge on any atom is -0.547 e. The van der Waals surface area contributed by atoms with Gasteiger partial charge in [0, 0.05) is 12.1 Å². The molecule has 3 aromatic rings. The van der Waals surface area contributed by atoms with Crippen LogP contribution in [0.1, 0.15) is 5.56 Å². The zero-order valence-corrected chi connectivity index (χ0v) is 17.8. The molecule has 0 fully saturated rings. The SMILES string of the molecule is C[SiH](C)Oc1ccc(OCc2ccccc2)cc1.O=[N+]([O-])c1cccc([N+](=O)[O-])c1. The summed E-state index contributed by atoms with van der Waals surface area (Å²) in [7, 11) is -1.02. The highest BCUT2D eigenvalue weighted by Gasteiger charge is 2.11. The van der Waals surface area contributed by atoms with Crippen LogP contribution in [-0.2, 0) is 6.61 Å². The van der Waals surface area contributed by atoms with Crippen LogP contribution in [0.4, 0.5) is 11.4 Å². The van der Waals surface area contributed by atoms with Crippen molar-refractivity contribution in [3.8, 4) is 11.5 Å². The maximum Gasteiger partial charge on any atom is 0.276 e. The van der Waals surface area contributed by atoms with E-state index in [4.69, 9.17) is 9.16 Å². The lowest BCUT2D eigenvalue weighted by Crippen LogP contribution is -2.10. The van der Waals surface area contributed by atoms with Crippen molar-refractivity contribution in [3.63, 3.8) is 0 Å². The van der Waals surface area contributed by atoms with Gasteiger partial charge in [0.1, 0.15) is 18.1 Å². The molecule has 0 aliphatic heterocycles. The third-order valence-electron chi connectivity index (χ3n) is 3.70. The van der Waals surface area contributed by atoms with Gasteiger partial charge in [-0.25, -0.2) is 0 Å². The Morgan fingerprint density at radius 1 is 0.767 bits per heavy atom. The highest BCUT2D eigenvalue weighted by molar-refractivity contribution is 6.49. The standard InChI is InChI=1S/C15H18O2Si.C6H4N2O4/c1-18(2)17-15-10-8-14(9-11-15)16-12-13-6-4-3-5-7-13;9-7(10)5-2-1-3-6(4-5)8(11)12/h3-11,18H,12H2,1-2H3;1-4H. The van der Waals surface area contributed by atoms with Gasteiger partial charge >= 0.3 is 0 Å². The lowest BCUT2D eigenvalue weighted by atomic mass is 10.2. The fourth-order valence-corrected chi connectivity index (χ4v) is 3.05. The predicted octanol–water partition coefficient (Wildman–Crippen LogP) is 5.13. The Labute approximate surface area is 175 Å². The number of hydrogen-bond donors (Lipinski definition) is 0. The molecule has 3 aromatic carbocycles. The Bertz CT molecular complexity index is 935. The molecule has 0 saturated carbocycles. The van der Waals surface area contributed by atoms with E-state index >= 15 is 0 Å². The molecule has 156 valence electrons. The smallest absolute Gasteiger partial charge is 0.276 e. The molecule has 9 heteroatoms. The van der Waals surface area contributed by atoms with Crippen molar-refractivity contribution in [2.45, 2.75) is 19.7 Å². The van der Waals surface area contributed by atoms with Crippen LogP contribution in [0.5, 0.6) is 11.5 Å². The van der Waals surface area contributed by atoms with E-state index in [-0.39, 0.29) is 11.4 Å². The van der Waals surface area contributed by atoms with Crippen molar-refractivity contribution < 1.29 is 19.0 Å². The number of hydrogen-bond acceptors (Lipinski definition) is 6. The molecule has 0 unspecified atom stereocenters. The monoisotopic (exact) mass is 426 g/mol. The van der Waals surface area contributed by atoms with E-state index in [0.29, 0.717) is 6.61 Å². The van der Waals surface area contributed by atoms with Gasteiger partial charge in [0.15, 0.2) is 0 Å². The maximum atomic E-state index is 10.2. The highest BCUT2D eigenvalue weighted by atomic mass is 28.3. The molecule has 30 heavy (non-hydrogen) atoms. The molecule has 0 aliphatic rings. The summed E-state index contributed by atoms with van der Waals surface area (Å²) in [5.74, 6) is 1.81. The number of nitro benzene ring substituents is 2. The van der Waals surface area contributed by atoms with E-state index in [1.807, 2.05) is 42.5 Å². The predicted molar refractivity (Wildman–Crippen MR) is 116 cm³/mol. The van der Waals surface area contributed by atoms with Crippen molar-refractivity contribution in [1.82, 2.24) is 0 Å². The lowest BCUT2D eigenvalue weighted by molar-refractivity contribution is -0.394. The summed E-state index contributed by atoms with van der Waals surface area (Å²) < 4.78 is 11.4. The summed E-state index contributed by atoms with van der Waals surface area (Å²) in [5, 5.41) is 20.3. The number of nitrogens with zero attached hydrogens (tertiary/aromatic N) is 2. The van der Waals surface area contributed by atoms with Gasteiger partial charge < -0.3 is 9.16 Å². The van der Waals surface area contributed by atoms with Crippen LogP contribution in [0.15, 0.2) is 78.9 Å². The Balaban J connectivity index is 0.000000232. The number of ether oxygens (including phenoxy) is 1. The van der Waals surface area contributed by atoms with Crippen molar-refractivity contribution >= 4 is 20.4 Å². The Kier molecular flexibility index (Phi) is 8.51. The number of benzene rings is 3. The second kappa shape index (κ2) is 11.3. The van der Waals surface area contributed by atoms with E-state index in [1.54, 1.807) is 0 Å². The third kappa shape index (κ3) is 7.72. The molecule has 8 nitrogen and oxygen atoms in total. The quantitative estimate of drug-likeness (QED) is 0.295. The molecule has 0 radical (unpaired) electrons. The van der Waals surface area contributed by atoms with Gasteiger partial charge in [0.05, 0.1) is 15.9 Å². The lowest BCUT2D eigenvalue weighted by Gasteiger charge is -2.10. The average Bonchev–Trinajstić information content (AvgIpc) is 2.74. The van der Waals surface area contributed by atoms with Gasteiger partial charge in [-0.3, -0.25) is 20.2 Å². The van der Waals surface area contributed by atoms with Gasteiger partial charge in [-0.15, -0.1) is 0 Å². The maximum absolute atomic E-state index is 10.2. The van der Waals surface area contributed by atoms with E-state index in [9.17, 15) is 20.2 Å². The van der Waals surface area contributed by atoms with E-state index in [0.717, 1.165) is 17.6 Å². The molecule has 0 amide bonds. The van der Waals surface area contributed by atoms with Crippen LogP contribution in [0, 0.1) is 20.2 Å². The molecular weight excluding hydrogens is 404 g/mol. The Morgan fingerprint density at radius 2 is 1.30 bits per heavy atom. The normalized spacial score (nSPS) is 9.97. The molecule has 0 atom stereocenters. The number of nitro groups is 2. The van der Waals surface area contributed by atoms with Gasteiger partial charge in [-0.2, -0.15) is 0 Å². The summed E-state index contributed by atoms with van der Waals surface area (Å²) in [6.45, 7) is 4.90. The highest BCUT2D eigenvalue weighted by Crippen LogP contribution is 2.19. The average molecular weight is 427 g/mol. The van der Waals surface area contributed by atoms with Crippen molar-refractivity contribution in [2.75, 3.05) is 0 Å².